The standard InChI is InChI=1S/C9H6Br2O/c1-2-9(12)7-5-6(10)3-4-8(7)11/h1,3-5,9,12H. The molecule has 1 nitrogen and oxygen atoms in total. The normalized spacial score (nSPS) is 12.2. The fourth-order valence-corrected chi connectivity index (χ4v) is 1.66. The number of halogens is 2. The Kier molecular flexibility index (Phi) is 3.33. The minimum absolute atomic E-state index is 0.701. The average molecular weight is 290 g/mol. The molecule has 0 aliphatic rings. The Morgan fingerprint density at radius 1 is 1.42 bits per heavy atom. The van der Waals surface area contributed by atoms with Gasteiger partial charge in [-0.3, -0.25) is 0 Å². The first-order valence-corrected chi connectivity index (χ1v) is 4.83. The van der Waals surface area contributed by atoms with Crippen molar-refractivity contribution in [3.05, 3.63) is 32.7 Å². The van der Waals surface area contributed by atoms with Crippen molar-refractivity contribution in [3.8, 4) is 12.3 Å². The Morgan fingerprint density at radius 2 is 2.08 bits per heavy atom. The zero-order valence-corrected chi connectivity index (χ0v) is 9.26. The van der Waals surface area contributed by atoms with E-state index < -0.39 is 6.10 Å². The van der Waals surface area contributed by atoms with E-state index in [0.717, 1.165) is 8.95 Å². The van der Waals surface area contributed by atoms with Gasteiger partial charge >= 0.3 is 0 Å². The summed E-state index contributed by atoms with van der Waals surface area (Å²) in [5.41, 5.74) is 0.701. The van der Waals surface area contributed by atoms with E-state index in [2.05, 4.69) is 37.8 Å². The smallest absolute Gasteiger partial charge is 0.141 e. The maximum atomic E-state index is 9.35. The maximum Gasteiger partial charge on any atom is 0.141 e. The number of aliphatic hydroxyl groups excluding tert-OH is 1. The van der Waals surface area contributed by atoms with Crippen LogP contribution in [-0.4, -0.2) is 5.11 Å². The quantitative estimate of drug-likeness (QED) is 0.788. The molecule has 12 heavy (non-hydrogen) atoms. The predicted octanol–water partition coefficient (Wildman–Crippen LogP) is 2.88. The summed E-state index contributed by atoms with van der Waals surface area (Å²) in [6.07, 6.45) is 4.24. The third-order valence-corrected chi connectivity index (χ3v) is 2.63. The molecule has 0 bridgehead atoms. The van der Waals surface area contributed by atoms with Crippen molar-refractivity contribution in [1.29, 1.82) is 0 Å². The van der Waals surface area contributed by atoms with Crippen LogP contribution < -0.4 is 0 Å². The zero-order valence-electron chi connectivity index (χ0n) is 6.09. The Labute approximate surface area is 88.1 Å². The molecule has 0 fully saturated rings. The molecule has 0 heterocycles. The second-order valence-electron chi connectivity index (χ2n) is 2.24. The molecule has 0 aliphatic carbocycles. The predicted molar refractivity (Wildman–Crippen MR) is 55.6 cm³/mol. The van der Waals surface area contributed by atoms with Crippen molar-refractivity contribution in [3.63, 3.8) is 0 Å². The number of hydrogen-bond acceptors (Lipinski definition) is 1. The highest BCUT2D eigenvalue weighted by Crippen LogP contribution is 2.26. The maximum absolute atomic E-state index is 9.35. The van der Waals surface area contributed by atoms with Crippen LogP contribution in [0.2, 0.25) is 0 Å². The first kappa shape index (κ1) is 9.79. The molecule has 1 aromatic carbocycles. The van der Waals surface area contributed by atoms with Crippen LogP contribution in [0.3, 0.4) is 0 Å². The second-order valence-corrected chi connectivity index (χ2v) is 4.01. The Hall–Kier alpha value is -0.300. The van der Waals surface area contributed by atoms with Gasteiger partial charge < -0.3 is 5.11 Å². The van der Waals surface area contributed by atoms with E-state index in [9.17, 15) is 5.11 Å². The highest BCUT2D eigenvalue weighted by molar-refractivity contribution is 9.11. The van der Waals surface area contributed by atoms with Crippen LogP contribution in [0.4, 0.5) is 0 Å². The third kappa shape index (κ3) is 2.10. The molecule has 0 amide bonds. The fourth-order valence-electron chi connectivity index (χ4n) is 0.814. The van der Waals surface area contributed by atoms with E-state index in [4.69, 9.17) is 6.42 Å². The molecule has 1 aromatic rings. The molecule has 0 saturated carbocycles. The van der Waals surface area contributed by atoms with Gasteiger partial charge in [-0.25, -0.2) is 0 Å². The highest BCUT2D eigenvalue weighted by atomic mass is 79.9. The van der Waals surface area contributed by atoms with Crippen LogP contribution in [-0.2, 0) is 0 Å². The lowest BCUT2D eigenvalue weighted by Gasteiger charge is -2.06. The summed E-state index contributed by atoms with van der Waals surface area (Å²) in [6, 6.07) is 5.49. The average Bonchev–Trinajstić information content (AvgIpc) is 2.08. The molecule has 0 aliphatic heterocycles. The van der Waals surface area contributed by atoms with Crippen LogP contribution in [0.15, 0.2) is 27.1 Å². The van der Waals surface area contributed by atoms with Gasteiger partial charge in [0.1, 0.15) is 6.10 Å². The third-order valence-electron chi connectivity index (χ3n) is 1.41. The van der Waals surface area contributed by atoms with Crippen molar-refractivity contribution in [2.75, 3.05) is 0 Å². The van der Waals surface area contributed by atoms with E-state index in [1.54, 1.807) is 6.07 Å². The van der Waals surface area contributed by atoms with Gasteiger partial charge in [-0.2, -0.15) is 0 Å². The van der Waals surface area contributed by atoms with E-state index in [1.807, 2.05) is 12.1 Å². The van der Waals surface area contributed by atoms with Crippen molar-refractivity contribution in [2.24, 2.45) is 0 Å². The van der Waals surface area contributed by atoms with E-state index >= 15 is 0 Å². The van der Waals surface area contributed by atoms with E-state index in [1.165, 1.54) is 0 Å². The highest BCUT2D eigenvalue weighted by Gasteiger charge is 2.07. The molecule has 62 valence electrons. The molecule has 1 rings (SSSR count). The summed E-state index contributed by atoms with van der Waals surface area (Å²) in [4.78, 5) is 0. The van der Waals surface area contributed by atoms with Gasteiger partial charge in [0.25, 0.3) is 0 Å². The molecule has 0 radical (unpaired) electrons. The van der Waals surface area contributed by atoms with Crippen LogP contribution in [0.1, 0.15) is 11.7 Å². The van der Waals surface area contributed by atoms with Crippen molar-refractivity contribution < 1.29 is 5.11 Å². The molecule has 0 aromatic heterocycles. The SMILES string of the molecule is C#CC(O)c1cc(Br)ccc1Br. The Morgan fingerprint density at radius 3 is 2.67 bits per heavy atom. The molecule has 1 N–H and O–H groups in total. The van der Waals surface area contributed by atoms with Gasteiger partial charge in [0.2, 0.25) is 0 Å². The van der Waals surface area contributed by atoms with Gasteiger partial charge in [0.05, 0.1) is 0 Å². The monoisotopic (exact) mass is 288 g/mol. The number of hydrogen-bond donors (Lipinski definition) is 1. The molecule has 3 heteroatoms. The van der Waals surface area contributed by atoms with E-state index in [0.29, 0.717) is 5.56 Å². The van der Waals surface area contributed by atoms with Crippen molar-refractivity contribution in [1.82, 2.24) is 0 Å². The lowest BCUT2D eigenvalue weighted by Crippen LogP contribution is -1.94. The summed E-state index contributed by atoms with van der Waals surface area (Å²) in [5.74, 6) is 2.25. The lowest BCUT2D eigenvalue weighted by molar-refractivity contribution is 0.237. The summed E-state index contributed by atoms with van der Waals surface area (Å²) in [6.45, 7) is 0. The van der Waals surface area contributed by atoms with Crippen LogP contribution >= 0.6 is 31.9 Å². The Bertz CT molecular complexity index is 328. The van der Waals surface area contributed by atoms with Gasteiger partial charge in [0, 0.05) is 14.5 Å². The molecule has 0 spiro atoms. The van der Waals surface area contributed by atoms with Crippen LogP contribution in [0.5, 0.6) is 0 Å². The lowest BCUT2D eigenvalue weighted by atomic mass is 10.1. The number of aliphatic hydroxyl groups is 1. The molecular formula is C9H6Br2O. The zero-order chi connectivity index (χ0) is 9.14. The van der Waals surface area contributed by atoms with Gasteiger partial charge in [-0.1, -0.05) is 37.8 Å². The largest absolute Gasteiger partial charge is 0.376 e. The fraction of sp³-hybridized carbons (Fsp3) is 0.111. The number of terminal acetylenes is 1. The first-order chi connectivity index (χ1) is 5.65. The first-order valence-electron chi connectivity index (χ1n) is 3.24. The van der Waals surface area contributed by atoms with Gasteiger partial charge in [-0.15, -0.1) is 6.42 Å². The number of rotatable bonds is 1. The van der Waals surface area contributed by atoms with Crippen molar-refractivity contribution in [2.45, 2.75) is 6.10 Å². The molecule has 1 atom stereocenters. The molecule has 1 unspecified atom stereocenters. The Balaban J connectivity index is 3.15. The molecule has 0 saturated heterocycles. The topological polar surface area (TPSA) is 20.2 Å². The van der Waals surface area contributed by atoms with Crippen LogP contribution in [0, 0.1) is 12.3 Å². The van der Waals surface area contributed by atoms with Gasteiger partial charge in [-0.05, 0) is 18.2 Å². The minimum atomic E-state index is -0.850. The summed E-state index contributed by atoms with van der Waals surface area (Å²) >= 11 is 6.59. The second kappa shape index (κ2) is 4.08. The van der Waals surface area contributed by atoms with Gasteiger partial charge in [0.15, 0.2) is 0 Å². The summed E-state index contributed by atoms with van der Waals surface area (Å²) in [7, 11) is 0. The van der Waals surface area contributed by atoms with Crippen molar-refractivity contribution >= 4 is 31.9 Å². The minimum Gasteiger partial charge on any atom is -0.376 e. The summed E-state index contributed by atoms with van der Waals surface area (Å²) < 4.78 is 1.71. The van der Waals surface area contributed by atoms with E-state index in [-0.39, 0.29) is 0 Å². The molecular weight excluding hydrogens is 284 g/mol. The van der Waals surface area contributed by atoms with Crippen LogP contribution in [0.25, 0.3) is 0 Å². The number of benzene rings is 1. The summed E-state index contributed by atoms with van der Waals surface area (Å²) in [5, 5.41) is 9.35.